The second-order valence-electron chi connectivity index (χ2n) is 5.79. The van der Waals surface area contributed by atoms with Gasteiger partial charge in [-0.3, -0.25) is 0 Å². The van der Waals surface area contributed by atoms with Gasteiger partial charge in [0.2, 0.25) is 0 Å². The zero-order valence-corrected chi connectivity index (χ0v) is 9.08. The van der Waals surface area contributed by atoms with E-state index in [1.807, 2.05) is 0 Å². The van der Waals surface area contributed by atoms with Crippen molar-refractivity contribution >= 4 is 0 Å². The Labute approximate surface area is 90.6 Å². The molecule has 1 saturated heterocycles. The summed E-state index contributed by atoms with van der Waals surface area (Å²) < 4.78 is 12.1. The van der Waals surface area contributed by atoms with Crippen LogP contribution >= 0.6 is 0 Å². The van der Waals surface area contributed by atoms with Crippen LogP contribution in [0.25, 0.3) is 0 Å². The van der Waals surface area contributed by atoms with Crippen LogP contribution in [0.2, 0.25) is 0 Å². The molecule has 3 bridgehead atoms. The second kappa shape index (κ2) is 2.67. The van der Waals surface area contributed by atoms with Crippen molar-refractivity contribution in [3.8, 4) is 0 Å². The van der Waals surface area contributed by atoms with Crippen LogP contribution in [0, 0.1) is 23.7 Å². The highest BCUT2D eigenvalue weighted by Gasteiger charge is 2.64. The van der Waals surface area contributed by atoms with E-state index in [2.05, 4.69) is 6.58 Å². The zero-order valence-electron chi connectivity index (χ0n) is 9.08. The molecule has 0 amide bonds. The highest BCUT2D eigenvalue weighted by atomic mass is 16.7. The molecule has 4 fully saturated rings. The molecule has 4 atom stereocenters. The van der Waals surface area contributed by atoms with Gasteiger partial charge in [0.25, 0.3) is 0 Å². The molecular weight excluding hydrogens is 188 g/mol. The van der Waals surface area contributed by atoms with Gasteiger partial charge in [0.15, 0.2) is 5.79 Å². The lowest BCUT2D eigenvalue weighted by Gasteiger charge is -2.36. The van der Waals surface area contributed by atoms with Crippen LogP contribution in [0.15, 0.2) is 12.2 Å². The molecular formula is C13H18O2. The van der Waals surface area contributed by atoms with Crippen molar-refractivity contribution in [2.24, 2.45) is 23.7 Å². The van der Waals surface area contributed by atoms with E-state index in [0.717, 1.165) is 25.0 Å². The van der Waals surface area contributed by atoms with Crippen LogP contribution in [0.1, 0.15) is 25.7 Å². The molecule has 0 radical (unpaired) electrons. The Kier molecular flexibility index (Phi) is 1.56. The number of fused-ring (bicyclic) bond motifs is 4. The molecule has 0 aromatic heterocycles. The molecule has 2 heteroatoms. The van der Waals surface area contributed by atoms with E-state index in [1.165, 1.54) is 31.3 Å². The molecule has 2 nitrogen and oxygen atoms in total. The molecule has 0 N–H and O–H groups in total. The first-order chi connectivity index (χ1) is 7.29. The third kappa shape index (κ3) is 0.931. The summed E-state index contributed by atoms with van der Waals surface area (Å²) in [6.45, 7) is 5.87. The van der Waals surface area contributed by atoms with Gasteiger partial charge in [-0.25, -0.2) is 0 Å². The molecule has 1 aliphatic heterocycles. The largest absolute Gasteiger partial charge is 0.347 e. The van der Waals surface area contributed by atoms with E-state index < -0.39 is 0 Å². The predicted octanol–water partition coefficient (Wildman–Crippen LogP) is 2.35. The normalized spacial score (nSPS) is 50.5. The van der Waals surface area contributed by atoms with Crippen LogP contribution in [0.3, 0.4) is 0 Å². The minimum atomic E-state index is -0.229. The maximum absolute atomic E-state index is 6.03. The second-order valence-corrected chi connectivity index (χ2v) is 5.79. The standard InChI is InChI=1S/C13H18O2/c1-8-4-9-5-10-7-11(6-9)13(12(8)10)14-2-3-15-13/h9-12H,1-7H2/t9-,10+,11-,12?/m0/s1. The highest BCUT2D eigenvalue weighted by molar-refractivity contribution is 5.22. The van der Waals surface area contributed by atoms with Crippen molar-refractivity contribution in [3.63, 3.8) is 0 Å². The van der Waals surface area contributed by atoms with Crippen LogP contribution < -0.4 is 0 Å². The van der Waals surface area contributed by atoms with Gasteiger partial charge in [-0.05, 0) is 37.5 Å². The van der Waals surface area contributed by atoms with E-state index in [-0.39, 0.29) is 5.79 Å². The summed E-state index contributed by atoms with van der Waals surface area (Å²) in [6, 6.07) is 0. The van der Waals surface area contributed by atoms with Crippen LogP contribution in [-0.4, -0.2) is 19.0 Å². The maximum atomic E-state index is 6.03. The first-order valence-corrected chi connectivity index (χ1v) is 6.25. The van der Waals surface area contributed by atoms with Crippen molar-refractivity contribution in [1.82, 2.24) is 0 Å². The van der Waals surface area contributed by atoms with Crippen LogP contribution in [0.4, 0.5) is 0 Å². The number of hydrogen-bond donors (Lipinski definition) is 0. The van der Waals surface area contributed by atoms with Gasteiger partial charge >= 0.3 is 0 Å². The summed E-state index contributed by atoms with van der Waals surface area (Å²) >= 11 is 0. The molecule has 1 heterocycles. The smallest absolute Gasteiger partial charge is 0.178 e. The summed E-state index contributed by atoms with van der Waals surface area (Å²) in [5, 5.41) is 0. The van der Waals surface area contributed by atoms with Crippen molar-refractivity contribution in [1.29, 1.82) is 0 Å². The molecule has 3 saturated carbocycles. The lowest BCUT2D eigenvalue weighted by atomic mass is 9.70. The third-order valence-electron chi connectivity index (χ3n) is 5.04. The van der Waals surface area contributed by atoms with Gasteiger partial charge in [0, 0.05) is 11.8 Å². The van der Waals surface area contributed by atoms with Crippen LogP contribution in [-0.2, 0) is 9.47 Å². The fourth-order valence-corrected chi connectivity index (χ4v) is 4.81. The minimum Gasteiger partial charge on any atom is -0.347 e. The Morgan fingerprint density at radius 3 is 2.73 bits per heavy atom. The lowest BCUT2D eigenvalue weighted by molar-refractivity contribution is -0.201. The molecule has 0 aromatic carbocycles. The first-order valence-electron chi connectivity index (χ1n) is 6.25. The fraction of sp³-hybridized carbons (Fsp3) is 0.846. The fourth-order valence-electron chi connectivity index (χ4n) is 4.81. The molecule has 15 heavy (non-hydrogen) atoms. The Bertz CT molecular complexity index is 316. The summed E-state index contributed by atoms with van der Waals surface area (Å²) in [7, 11) is 0. The lowest BCUT2D eigenvalue weighted by Crippen LogP contribution is -2.41. The molecule has 3 aliphatic carbocycles. The maximum Gasteiger partial charge on any atom is 0.178 e. The SMILES string of the molecule is C=C1C[C@H]2C[C@@H]3C[C@H](C2)C2(OCCO2)C13. The van der Waals surface area contributed by atoms with Gasteiger partial charge in [-0.1, -0.05) is 12.2 Å². The summed E-state index contributed by atoms with van der Waals surface area (Å²) in [6.07, 6.45) is 5.26. The van der Waals surface area contributed by atoms with Crippen molar-refractivity contribution in [2.45, 2.75) is 31.5 Å². The summed E-state index contributed by atoms with van der Waals surface area (Å²) in [5.74, 6) is 2.64. The monoisotopic (exact) mass is 206 g/mol. The Hall–Kier alpha value is -0.340. The van der Waals surface area contributed by atoms with Crippen molar-refractivity contribution in [3.05, 3.63) is 12.2 Å². The van der Waals surface area contributed by atoms with E-state index in [0.29, 0.717) is 11.8 Å². The molecule has 82 valence electrons. The van der Waals surface area contributed by atoms with Gasteiger partial charge in [0.1, 0.15) is 0 Å². The van der Waals surface area contributed by atoms with Gasteiger partial charge in [-0.15, -0.1) is 0 Å². The average Bonchev–Trinajstić information content (AvgIpc) is 2.71. The average molecular weight is 206 g/mol. The molecule has 4 aliphatic rings. The zero-order chi connectivity index (χ0) is 10.0. The summed E-state index contributed by atoms with van der Waals surface area (Å²) in [5.41, 5.74) is 1.41. The Balaban J connectivity index is 1.83. The van der Waals surface area contributed by atoms with Gasteiger partial charge in [-0.2, -0.15) is 0 Å². The predicted molar refractivity (Wildman–Crippen MR) is 56.2 cm³/mol. The highest BCUT2D eigenvalue weighted by Crippen LogP contribution is 2.63. The molecule has 1 unspecified atom stereocenters. The van der Waals surface area contributed by atoms with E-state index in [4.69, 9.17) is 9.47 Å². The molecule has 1 spiro atoms. The van der Waals surface area contributed by atoms with Crippen LogP contribution in [0.5, 0.6) is 0 Å². The van der Waals surface area contributed by atoms with Gasteiger partial charge in [0.05, 0.1) is 13.2 Å². The quantitative estimate of drug-likeness (QED) is 0.566. The first kappa shape index (κ1) is 8.77. The van der Waals surface area contributed by atoms with Crippen molar-refractivity contribution < 1.29 is 9.47 Å². The van der Waals surface area contributed by atoms with Gasteiger partial charge < -0.3 is 9.47 Å². The molecule has 0 aromatic rings. The third-order valence-corrected chi connectivity index (χ3v) is 5.04. The Morgan fingerprint density at radius 1 is 1.13 bits per heavy atom. The topological polar surface area (TPSA) is 18.5 Å². The number of rotatable bonds is 0. The number of ether oxygens (including phenoxy) is 2. The Morgan fingerprint density at radius 2 is 1.93 bits per heavy atom. The summed E-state index contributed by atoms with van der Waals surface area (Å²) in [4.78, 5) is 0. The van der Waals surface area contributed by atoms with Crippen molar-refractivity contribution in [2.75, 3.05) is 13.2 Å². The van der Waals surface area contributed by atoms with E-state index in [9.17, 15) is 0 Å². The van der Waals surface area contributed by atoms with E-state index >= 15 is 0 Å². The molecule has 4 rings (SSSR count). The number of hydrogen-bond acceptors (Lipinski definition) is 2. The minimum absolute atomic E-state index is 0.229. The van der Waals surface area contributed by atoms with E-state index in [1.54, 1.807) is 0 Å².